The molecule has 78 valence electrons. The van der Waals surface area contributed by atoms with Crippen LogP contribution in [0.15, 0.2) is 27.4 Å². The first kappa shape index (κ1) is 8.73. The summed E-state index contributed by atoms with van der Waals surface area (Å²) in [5.41, 5.74) is 2.27. The lowest BCUT2D eigenvalue weighted by Crippen LogP contribution is -1.97. The lowest BCUT2D eigenvalue weighted by atomic mass is 10.0. The van der Waals surface area contributed by atoms with Gasteiger partial charge in [0.15, 0.2) is 5.58 Å². The number of aromatic nitrogens is 1. The molecule has 1 aromatic heterocycles. The molecule has 0 saturated carbocycles. The molecule has 1 atom stereocenters. The van der Waals surface area contributed by atoms with Gasteiger partial charge in [-0.25, -0.2) is 4.79 Å². The highest BCUT2D eigenvalue weighted by atomic mass is 16.6. The van der Waals surface area contributed by atoms with Crippen LogP contribution in [0.5, 0.6) is 0 Å². The van der Waals surface area contributed by atoms with E-state index >= 15 is 0 Å². The number of rotatable bonds is 1. The van der Waals surface area contributed by atoms with Crippen LogP contribution in [0.1, 0.15) is 25.5 Å². The van der Waals surface area contributed by atoms with E-state index in [1.54, 1.807) is 0 Å². The van der Waals surface area contributed by atoms with E-state index in [0.717, 1.165) is 11.1 Å². The van der Waals surface area contributed by atoms with E-state index in [4.69, 9.17) is 9.15 Å². The summed E-state index contributed by atoms with van der Waals surface area (Å²) < 4.78 is 10.5. The van der Waals surface area contributed by atoms with Crippen molar-refractivity contribution in [1.82, 2.24) is 4.98 Å². The molecule has 0 amide bonds. The van der Waals surface area contributed by atoms with Gasteiger partial charge in [0.2, 0.25) is 0 Å². The zero-order valence-electron chi connectivity index (χ0n) is 8.53. The summed E-state index contributed by atoms with van der Waals surface area (Å²) in [5.74, 6) is -0.418. The summed E-state index contributed by atoms with van der Waals surface area (Å²) in [6.45, 7) is 4.07. The Kier molecular flexibility index (Phi) is 1.47. The molecule has 4 heteroatoms. The van der Waals surface area contributed by atoms with Crippen LogP contribution in [0, 0.1) is 0 Å². The molecular weight excluding hydrogens is 194 g/mol. The van der Waals surface area contributed by atoms with E-state index in [0.29, 0.717) is 5.58 Å². The van der Waals surface area contributed by atoms with E-state index in [1.807, 2.05) is 32.0 Å². The van der Waals surface area contributed by atoms with Crippen molar-refractivity contribution in [3.05, 3.63) is 34.3 Å². The Balaban J connectivity index is 2.11. The smallest absolute Gasteiger partial charge is 0.408 e. The molecule has 4 nitrogen and oxygen atoms in total. The molecule has 1 fully saturated rings. The minimum absolute atomic E-state index is 0.0930. The number of hydrogen-bond donors (Lipinski definition) is 1. The number of nitrogens with one attached hydrogen (secondary N) is 1. The van der Waals surface area contributed by atoms with Gasteiger partial charge in [0.1, 0.15) is 6.10 Å². The van der Waals surface area contributed by atoms with Crippen LogP contribution in [-0.2, 0) is 4.74 Å². The zero-order chi connectivity index (χ0) is 10.6. The number of benzene rings is 1. The molecule has 0 spiro atoms. The zero-order valence-corrected chi connectivity index (χ0v) is 8.53. The van der Waals surface area contributed by atoms with Gasteiger partial charge in [0, 0.05) is 0 Å². The van der Waals surface area contributed by atoms with Crippen LogP contribution >= 0.6 is 0 Å². The summed E-state index contributed by atoms with van der Waals surface area (Å²) in [5, 5.41) is 0. The number of aromatic amines is 1. The molecule has 0 radical (unpaired) electrons. The molecule has 1 saturated heterocycles. The third-order valence-corrected chi connectivity index (χ3v) is 2.74. The normalized spacial score (nSPS) is 23.2. The molecule has 1 aliphatic heterocycles. The lowest BCUT2D eigenvalue weighted by Gasteiger charge is -1.97. The standard InChI is InChI=1S/C11H11NO3/c1-11(2)9(15-11)6-3-4-7-8(5-6)14-10(13)12-7/h3-5,9H,1-2H3,(H,12,13). The summed E-state index contributed by atoms with van der Waals surface area (Å²) in [7, 11) is 0. The van der Waals surface area contributed by atoms with Crippen molar-refractivity contribution >= 4 is 11.1 Å². The molecule has 0 aliphatic carbocycles. The van der Waals surface area contributed by atoms with Gasteiger partial charge in [-0.3, -0.25) is 4.98 Å². The Morgan fingerprint density at radius 2 is 2.13 bits per heavy atom. The molecule has 0 bridgehead atoms. The Bertz CT molecular complexity index is 579. The maximum absolute atomic E-state index is 11.0. The topological polar surface area (TPSA) is 58.5 Å². The minimum atomic E-state index is -0.418. The highest BCUT2D eigenvalue weighted by Gasteiger charge is 2.48. The van der Waals surface area contributed by atoms with Crippen molar-refractivity contribution in [3.8, 4) is 0 Å². The molecular formula is C11H11NO3. The van der Waals surface area contributed by atoms with Gasteiger partial charge >= 0.3 is 5.76 Å². The SMILES string of the molecule is CC1(C)OC1c1ccc2[nH]c(=O)oc2c1. The fraction of sp³-hybridized carbons (Fsp3) is 0.364. The molecule has 1 N–H and O–H groups in total. The van der Waals surface area contributed by atoms with Crippen molar-refractivity contribution in [3.63, 3.8) is 0 Å². The highest BCUT2D eigenvalue weighted by molar-refractivity contribution is 5.73. The maximum Gasteiger partial charge on any atom is 0.417 e. The summed E-state index contributed by atoms with van der Waals surface area (Å²) in [6.07, 6.45) is 0.113. The summed E-state index contributed by atoms with van der Waals surface area (Å²) in [4.78, 5) is 13.6. The first-order chi connectivity index (χ1) is 7.06. The fourth-order valence-corrected chi connectivity index (χ4v) is 1.86. The van der Waals surface area contributed by atoms with Crippen LogP contribution in [0.2, 0.25) is 0 Å². The van der Waals surface area contributed by atoms with Gasteiger partial charge in [-0.05, 0) is 31.5 Å². The number of hydrogen-bond acceptors (Lipinski definition) is 3. The average molecular weight is 205 g/mol. The minimum Gasteiger partial charge on any atom is -0.408 e. The second kappa shape index (κ2) is 2.52. The van der Waals surface area contributed by atoms with Crippen LogP contribution < -0.4 is 5.76 Å². The molecule has 15 heavy (non-hydrogen) atoms. The van der Waals surface area contributed by atoms with Gasteiger partial charge in [0.05, 0.1) is 11.1 Å². The maximum atomic E-state index is 11.0. The Hall–Kier alpha value is -1.55. The van der Waals surface area contributed by atoms with E-state index in [9.17, 15) is 4.79 Å². The highest BCUT2D eigenvalue weighted by Crippen LogP contribution is 2.49. The van der Waals surface area contributed by atoms with Gasteiger partial charge in [-0.15, -0.1) is 0 Å². The summed E-state index contributed by atoms with van der Waals surface area (Å²) >= 11 is 0. The predicted octanol–water partition coefficient (Wildman–Crippen LogP) is 1.97. The van der Waals surface area contributed by atoms with Crippen molar-refractivity contribution in [2.45, 2.75) is 25.6 Å². The molecule has 2 aromatic rings. The van der Waals surface area contributed by atoms with E-state index in [-0.39, 0.29) is 11.7 Å². The number of H-pyrrole nitrogens is 1. The van der Waals surface area contributed by atoms with Gasteiger partial charge in [0.25, 0.3) is 0 Å². The largest absolute Gasteiger partial charge is 0.417 e. The second-order valence-electron chi connectivity index (χ2n) is 4.37. The number of fused-ring (bicyclic) bond motifs is 1. The van der Waals surface area contributed by atoms with E-state index in [1.165, 1.54) is 0 Å². The number of ether oxygens (including phenoxy) is 1. The van der Waals surface area contributed by atoms with E-state index in [2.05, 4.69) is 4.98 Å². The van der Waals surface area contributed by atoms with Crippen LogP contribution in [0.3, 0.4) is 0 Å². The molecule has 1 unspecified atom stereocenters. The van der Waals surface area contributed by atoms with Gasteiger partial charge < -0.3 is 9.15 Å². The van der Waals surface area contributed by atoms with Crippen LogP contribution in [0.4, 0.5) is 0 Å². The van der Waals surface area contributed by atoms with Gasteiger partial charge in [-0.1, -0.05) is 6.07 Å². The third kappa shape index (κ3) is 1.29. The first-order valence-corrected chi connectivity index (χ1v) is 4.87. The Morgan fingerprint density at radius 1 is 1.40 bits per heavy atom. The van der Waals surface area contributed by atoms with Crippen molar-refractivity contribution in [2.75, 3.05) is 0 Å². The second-order valence-corrected chi connectivity index (χ2v) is 4.37. The van der Waals surface area contributed by atoms with Gasteiger partial charge in [-0.2, -0.15) is 0 Å². The number of epoxide rings is 1. The Morgan fingerprint density at radius 3 is 2.80 bits per heavy atom. The molecule has 2 heterocycles. The van der Waals surface area contributed by atoms with Crippen LogP contribution in [-0.4, -0.2) is 10.6 Å². The molecule has 1 aromatic carbocycles. The quantitative estimate of drug-likeness (QED) is 0.724. The third-order valence-electron chi connectivity index (χ3n) is 2.74. The lowest BCUT2D eigenvalue weighted by molar-refractivity contribution is 0.325. The monoisotopic (exact) mass is 205 g/mol. The van der Waals surface area contributed by atoms with Crippen molar-refractivity contribution < 1.29 is 9.15 Å². The Labute approximate surface area is 85.9 Å². The molecule has 1 aliphatic rings. The number of oxazole rings is 1. The average Bonchev–Trinajstić information content (AvgIpc) is 2.65. The summed E-state index contributed by atoms with van der Waals surface area (Å²) in [6, 6.07) is 5.65. The van der Waals surface area contributed by atoms with Crippen LogP contribution in [0.25, 0.3) is 11.1 Å². The first-order valence-electron chi connectivity index (χ1n) is 4.87. The van der Waals surface area contributed by atoms with E-state index < -0.39 is 5.76 Å². The van der Waals surface area contributed by atoms with Crippen molar-refractivity contribution in [1.29, 1.82) is 0 Å². The van der Waals surface area contributed by atoms with Crippen molar-refractivity contribution in [2.24, 2.45) is 0 Å². The molecule has 3 rings (SSSR count). The predicted molar refractivity (Wildman–Crippen MR) is 54.7 cm³/mol. The fourth-order valence-electron chi connectivity index (χ4n) is 1.86.